The van der Waals surface area contributed by atoms with Gasteiger partial charge in [-0.05, 0) is 48.4 Å². The Kier molecular flexibility index (Phi) is 4.31. The van der Waals surface area contributed by atoms with E-state index in [1.807, 2.05) is 12.1 Å². The zero-order valence-corrected chi connectivity index (χ0v) is 17.0. The van der Waals surface area contributed by atoms with Crippen LogP contribution < -0.4 is 0 Å². The Morgan fingerprint density at radius 2 is 1.52 bits per heavy atom. The third-order valence-corrected chi connectivity index (χ3v) is 5.82. The number of pyridine rings is 1. The first kappa shape index (κ1) is 17.9. The number of hydrogen-bond donors (Lipinski definition) is 0. The molecular weight excluding hydrogens is 354 g/mol. The van der Waals surface area contributed by atoms with Crippen LogP contribution in [-0.2, 0) is 12.8 Å². The standard InChI is InChI=1S/C26H25N3/c1-26(2)16-15-20-13-14-22(27-23(20)17-26)25-28-24(19-9-5-3-6-10-19)18-29(25)21-11-7-4-8-12-21/h3-14,18H,15-17H2,1-2H3. The van der Waals surface area contributed by atoms with Crippen molar-refractivity contribution in [2.24, 2.45) is 5.41 Å². The molecule has 0 bridgehead atoms. The van der Waals surface area contributed by atoms with Crippen LogP contribution in [0.25, 0.3) is 28.5 Å². The third kappa shape index (κ3) is 3.49. The van der Waals surface area contributed by atoms with Gasteiger partial charge >= 0.3 is 0 Å². The van der Waals surface area contributed by atoms with Crippen LogP contribution in [0.15, 0.2) is 79.0 Å². The van der Waals surface area contributed by atoms with Crippen LogP contribution in [0, 0.1) is 5.41 Å². The molecule has 5 rings (SSSR count). The van der Waals surface area contributed by atoms with E-state index in [-0.39, 0.29) is 0 Å². The first-order valence-electron chi connectivity index (χ1n) is 10.3. The van der Waals surface area contributed by atoms with Gasteiger partial charge in [-0.1, -0.05) is 68.4 Å². The fraction of sp³-hybridized carbons (Fsp3) is 0.231. The van der Waals surface area contributed by atoms with Gasteiger partial charge in [0.05, 0.1) is 5.69 Å². The molecule has 2 aromatic heterocycles. The van der Waals surface area contributed by atoms with Crippen molar-refractivity contribution in [2.45, 2.75) is 33.1 Å². The maximum Gasteiger partial charge on any atom is 0.163 e. The van der Waals surface area contributed by atoms with Crippen LogP contribution in [0.1, 0.15) is 31.5 Å². The summed E-state index contributed by atoms with van der Waals surface area (Å²) in [6.07, 6.45) is 5.47. The molecule has 1 aliphatic carbocycles. The Bertz CT molecular complexity index is 1140. The number of hydrogen-bond acceptors (Lipinski definition) is 2. The largest absolute Gasteiger partial charge is 0.298 e. The van der Waals surface area contributed by atoms with Gasteiger partial charge in [-0.15, -0.1) is 0 Å². The summed E-state index contributed by atoms with van der Waals surface area (Å²) in [5.74, 6) is 0.890. The lowest BCUT2D eigenvalue weighted by molar-refractivity contribution is 0.311. The summed E-state index contributed by atoms with van der Waals surface area (Å²) in [6.45, 7) is 4.67. The molecule has 3 heteroatoms. The van der Waals surface area contributed by atoms with Crippen molar-refractivity contribution in [3.8, 4) is 28.5 Å². The number of rotatable bonds is 3. The van der Waals surface area contributed by atoms with E-state index in [1.165, 1.54) is 17.7 Å². The van der Waals surface area contributed by atoms with Crippen molar-refractivity contribution >= 4 is 0 Å². The number of fused-ring (bicyclic) bond motifs is 1. The highest BCUT2D eigenvalue weighted by atomic mass is 15.1. The Morgan fingerprint density at radius 1 is 0.793 bits per heavy atom. The molecule has 0 spiro atoms. The highest BCUT2D eigenvalue weighted by Gasteiger charge is 2.27. The molecule has 29 heavy (non-hydrogen) atoms. The fourth-order valence-corrected chi connectivity index (χ4v) is 4.14. The van der Waals surface area contributed by atoms with Crippen LogP contribution >= 0.6 is 0 Å². The number of nitrogens with zero attached hydrogens (tertiary/aromatic N) is 3. The average Bonchev–Trinajstić information content (AvgIpc) is 3.19. The maximum atomic E-state index is 5.09. The van der Waals surface area contributed by atoms with Crippen LogP contribution in [0.5, 0.6) is 0 Å². The minimum absolute atomic E-state index is 0.308. The van der Waals surface area contributed by atoms with Crippen LogP contribution in [0.3, 0.4) is 0 Å². The molecule has 0 N–H and O–H groups in total. The smallest absolute Gasteiger partial charge is 0.163 e. The topological polar surface area (TPSA) is 30.7 Å². The zero-order valence-electron chi connectivity index (χ0n) is 17.0. The molecule has 0 saturated carbocycles. The molecule has 0 fully saturated rings. The Labute approximate surface area is 172 Å². The van der Waals surface area contributed by atoms with Gasteiger partial charge in [0, 0.05) is 23.1 Å². The van der Waals surface area contributed by atoms with Gasteiger partial charge in [0.1, 0.15) is 5.69 Å². The maximum absolute atomic E-state index is 5.09. The molecule has 0 amide bonds. The summed E-state index contributed by atoms with van der Waals surface area (Å²) < 4.78 is 2.16. The Balaban J connectivity index is 1.65. The number of aromatic nitrogens is 3. The van der Waals surface area contributed by atoms with Crippen molar-refractivity contribution in [3.05, 3.63) is 90.3 Å². The summed E-state index contributed by atoms with van der Waals surface area (Å²) in [7, 11) is 0. The molecule has 3 nitrogen and oxygen atoms in total. The zero-order chi connectivity index (χ0) is 19.8. The van der Waals surface area contributed by atoms with Gasteiger partial charge in [-0.3, -0.25) is 4.57 Å². The highest BCUT2D eigenvalue weighted by Crippen LogP contribution is 2.35. The summed E-state index contributed by atoms with van der Waals surface area (Å²) in [5.41, 5.74) is 7.02. The molecule has 0 saturated heterocycles. The Morgan fingerprint density at radius 3 is 2.28 bits per heavy atom. The van der Waals surface area contributed by atoms with Gasteiger partial charge in [-0.25, -0.2) is 9.97 Å². The van der Waals surface area contributed by atoms with Crippen molar-refractivity contribution in [3.63, 3.8) is 0 Å². The van der Waals surface area contributed by atoms with E-state index >= 15 is 0 Å². The molecule has 0 atom stereocenters. The molecule has 0 unspecified atom stereocenters. The highest BCUT2D eigenvalue weighted by molar-refractivity contribution is 5.66. The first-order chi connectivity index (χ1) is 14.1. The van der Waals surface area contributed by atoms with E-state index < -0.39 is 0 Å². The monoisotopic (exact) mass is 379 g/mol. The van der Waals surface area contributed by atoms with Crippen LogP contribution in [-0.4, -0.2) is 14.5 Å². The van der Waals surface area contributed by atoms with E-state index in [4.69, 9.17) is 9.97 Å². The van der Waals surface area contributed by atoms with Gasteiger partial charge < -0.3 is 0 Å². The molecule has 4 aromatic rings. The number of benzene rings is 2. The SMILES string of the molecule is CC1(C)CCc2ccc(-c3nc(-c4ccccc4)cn3-c3ccccc3)nc2C1. The van der Waals surface area contributed by atoms with E-state index in [9.17, 15) is 0 Å². The molecule has 0 radical (unpaired) electrons. The third-order valence-electron chi connectivity index (χ3n) is 5.82. The van der Waals surface area contributed by atoms with Crippen molar-refractivity contribution < 1.29 is 0 Å². The summed E-state index contributed by atoms with van der Waals surface area (Å²) in [6, 6.07) is 25.1. The average molecular weight is 380 g/mol. The number of imidazole rings is 1. The van der Waals surface area contributed by atoms with E-state index in [0.717, 1.165) is 41.3 Å². The molecule has 1 aliphatic rings. The predicted octanol–water partition coefficient (Wildman–Crippen LogP) is 6.12. The van der Waals surface area contributed by atoms with Crippen molar-refractivity contribution in [2.75, 3.05) is 0 Å². The van der Waals surface area contributed by atoms with Crippen LogP contribution in [0.2, 0.25) is 0 Å². The van der Waals surface area contributed by atoms with Crippen molar-refractivity contribution in [1.82, 2.24) is 14.5 Å². The lowest BCUT2D eigenvalue weighted by atomic mass is 9.76. The molecule has 144 valence electrons. The lowest BCUT2D eigenvalue weighted by Crippen LogP contribution is -2.23. The molecule has 0 aliphatic heterocycles. The Hall–Kier alpha value is -3.20. The second-order valence-corrected chi connectivity index (χ2v) is 8.66. The minimum Gasteiger partial charge on any atom is -0.298 e. The lowest BCUT2D eigenvalue weighted by Gasteiger charge is -2.30. The van der Waals surface area contributed by atoms with E-state index in [2.05, 4.69) is 85.3 Å². The van der Waals surface area contributed by atoms with Gasteiger partial charge in [0.2, 0.25) is 0 Å². The van der Waals surface area contributed by atoms with Gasteiger partial charge in [0.15, 0.2) is 5.82 Å². The fourth-order valence-electron chi connectivity index (χ4n) is 4.14. The summed E-state index contributed by atoms with van der Waals surface area (Å²) in [5, 5.41) is 0. The molecule has 2 aromatic carbocycles. The summed E-state index contributed by atoms with van der Waals surface area (Å²) in [4.78, 5) is 10.1. The summed E-state index contributed by atoms with van der Waals surface area (Å²) >= 11 is 0. The minimum atomic E-state index is 0.308. The second-order valence-electron chi connectivity index (χ2n) is 8.66. The molecular formula is C26H25N3. The van der Waals surface area contributed by atoms with Gasteiger partial charge in [-0.2, -0.15) is 0 Å². The van der Waals surface area contributed by atoms with E-state index in [1.54, 1.807) is 0 Å². The van der Waals surface area contributed by atoms with Crippen molar-refractivity contribution in [1.29, 1.82) is 0 Å². The van der Waals surface area contributed by atoms with Gasteiger partial charge in [0.25, 0.3) is 0 Å². The normalized spacial score (nSPS) is 15.1. The second kappa shape index (κ2) is 7.00. The first-order valence-corrected chi connectivity index (χ1v) is 10.3. The van der Waals surface area contributed by atoms with E-state index in [0.29, 0.717) is 5.41 Å². The van der Waals surface area contributed by atoms with Crippen LogP contribution in [0.4, 0.5) is 0 Å². The molecule has 2 heterocycles. The quantitative estimate of drug-likeness (QED) is 0.429. The number of aryl methyl sites for hydroxylation is 1. The number of para-hydroxylation sites is 1. The predicted molar refractivity (Wildman–Crippen MR) is 118 cm³/mol.